The lowest BCUT2D eigenvalue weighted by Gasteiger charge is -2.22. The molecule has 0 bridgehead atoms. The number of phenols is 1. The van der Waals surface area contributed by atoms with Gasteiger partial charge in [0.1, 0.15) is 28.0 Å². The van der Waals surface area contributed by atoms with E-state index in [9.17, 15) is 32.1 Å². The molecule has 108 heavy (non-hydrogen) atoms. The third-order valence-corrected chi connectivity index (χ3v) is 20.2. The van der Waals surface area contributed by atoms with Gasteiger partial charge in [-0.3, -0.25) is 34.4 Å². The van der Waals surface area contributed by atoms with Crippen molar-refractivity contribution in [3.8, 4) is 57.3 Å². The number of fused-ring (bicyclic) bond motifs is 5. The quantitative estimate of drug-likeness (QED) is 0.0295. The van der Waals surface area contributed by atoms with Crippen LogP contribution in [0.5, 0.6) is 34.6 Å². The van der Waals surface area contributed by atoms with Gasteiger partial charge in [-0.15, -0.1) is 20.4 Å². The lowest BCUT2D eigenvalue weighted by atomic mass is 9.96. The number of nitrogens with one attached hydrogen (secondary N) is 6. The molecule has 6 heterocycles. The molecule has 14 aromatic rings. The average Bonchev–Trinajstić information content (AvgIpc) is 1.60. The molecule has 7 N–H and O–H groups in total. The van der Waals surface area contributed by atoms with E-state index in [1.54, 1.807) is 109 Å². The Balaban J connectivity index is 0.000000156. The number of benzene rings is 8. The number of aromatic amines is 3. The minimum absolute atomic E-state index is 0.0780. The zero-order valence-electron chi connectivity index (χ0n) is 59.9. The van der Waals surface area contributed by atoms with Crippen LogP contribution in [0.4, 0.5) is 21.9 Å². The van der Waals surface area contributed by atoms with E-state index in [2.05, 4.69) is 56.6 Å². The minimum Gasteiger partial charge on any atom is -0.508 e. The van der Waals surface area contributed by atoms with E-state index in [-0.39, 0.29) is 17.6 Å². The third kappa shape index (κ3) is 17.8. The van der Waals surface area contributed by atoms with Gasteiger partial charge in [-0.25, -0.2) is 36.0 Å². The second-order valence-electron chi connectivity index (χ2n) is 24.7. The van der Waals surface area contributed by atoms with Crippen LogP contribution in [0.2, 0.25) is 5.02 Å². The second kappa shape index (κ2) is 34.1. The third-order valence-electron chi connectivity index (χ3n) is 16.8. The Kier molecular flexibility index (Phi) is 23.9. The zero-order valence-corrected chi connectivity index (χ0v) is 63.1. The van der Waals surface area contributed by atoms with Crippen LogP contribution < -0.4 is 38.5 Å². The molecule has 0 saturated heterocycles. The summed E-state index contributed by atoms with van der Waals surface area (Å²) >= 11 is 1.84. The number of H-pyrrole nitrogens is 3. The van der Waals surface area contributed by atoms with Crippen LogP contribution in [0.3, 0.4) is 0 Å². The Morgan fingerprint density at radius 1 is 0.611 bits per heavy atom. The second-order valence-corrected chi connectivity index (χ2v) is 28.5. The molecule has 0 saturated carbocycles. The fourth-order valence-corrected chi connectivity index (χ4v) is 14.0. The number of para-hydroxylation sites is 3. The molecule has 3 amide bonds. The number of carbonyl (C=O) groups excluding carboxylic acids is 3. The summed E-state index contributed by atoms with van der Waals surface area (Å²) in [6.07, 6.45) is -1.15. The van der Waals surface area contributed by atoms with E-state index in [0.29, 0.717) is 120 Å². The Bertz CT molecular complexity index is 5630. The normalized spacial score (nSPS) is 12.6. The highest BCUT2D eigenvalue weighted by molar-refractivity contribution is 7.81. The molecule has 0 aliphatic rings. The van der Waals surface area contributed by atoms with Gasteiger partial charge >= 0.3 is 6.09 Å². The number of imidazole rings is 1. The first kappa shape index (κ1) is 75.7. The van der Waals surface area contributed by atoms with E-state index >= 15 is 0 Å². The van der Waals surface area contributed by atoms with Gasteiger partial charge < -0.3 is 38.3 Å². The summed E-state index contributed by atoms with van der Waals surface area (Å²) in [4.78, 5) is 43.9. The van der Waals surface area contributed by atoms with Crippen molar-refractivity contribution in [2.75, 3.05) is 28.3 Å². The number of aromatic nitrogens is 11. The van der Waals surface area contributed by atoms with Crippen LogP contribution >= 0.6 is 11.6 Å². The molecule has 0 aliphatic heterocycles. The summed E-state index contributed by atoms with van der Waals surface area (Å²) in [5.41, 5.74) is 13.2. The van der Waals surface area contributed by atoms with Crippen molar-refractivity contribution in [1.82, 2.24) is 54.2 Å². The molecule has 5 unspecified atom stereocenters. The Labute approximate surface area is 632 Å². The molecular formula is C77H75ClN14O13S3. The topological polar surface area (TPSA) is 339 Å². The highest BCUT2D eigenvalue weighted by Gasteiger charge is 2.27. The summed E-state index contributed by atoms with van der Waals surface area (Å²) in [6.45, 7) is 17.4. The van der Waals surface area contributed by atoms with E-state index in [1.165, 1.54) is 24.3 Å². The summed E-state index contributed by atoms with van der Waals surface area (Å²) < 4.78 is 75.2. The van der Waals surface area contributed by atoms with Gasteiger partial charge in [0.05, 0.1) is 44.6 Å². The number of amides is 3. The molecule has 27 nitrogen and oxygen atoms in total. The SMILES string of the molecule is CC(Oc1ccc(OS(=O)c2ccc(O)cc2)cc1)C(=O)Nc1ccc(-c2[nH]n3c(nc4ccccc43)c2Cl)cc1.CCC(Oc1ccc(C)cc1C)C(=O)Nc1c(C)cc(C)c(-c2nnc3cc(OS(=O)c4ccccc4)[nH]n23)c1C.CCOS(=O)CCc1nnc2c(OC(=O)Nc3ccccc3)c(C)[nH]n12. The summed E-state index contributed by atoms with van der Waals surface area (Å²) in [7, 11) is 0. The number of rotatable bonds is 24. The molecule has 6 aromatic heterocycles. The Morgan fingerprint density at radius 3 is 2.00 bits per heavy atom. The highest BCUT2D eigenvalue weighted by Crippen LogP contribution is 2.37. The van der Waals surface area contributed by atoms with Gasteiger partial charge in [-0.05, 0) is 187 Å². The maximum absolute atomic E-state index is 13.4. The van der Waals surface area contributed by atoms with Crippen molar-refractivity contribution in [2.45, 2.75) is 97.2 Å². The van der Waals surface area contributed by atoms with Crippen LogP contribution in [0.1, 0.15) is 66.5 Å². The minimum atomic E-state index is -1.74. The Hall–Kier alpha value is -12.0. The summed E-state index contributed by atoms with van der Waals surface area (Å²) in [5, 5.41) is 44.8. The fourth-order valence-electron chi connectivity index (χ4n) is 11.6. The van der Waals surface area contributed by atoms with Crippen molar-refractivity contribution in [2.24, 2.45) is 0 Å². The van der Waals surface area contributed by atoms with Gasteiger partial charge in [-0.1, -0.05) is 103 Å². The summed E-state index contributed by atoms with van der Waals surface area (Å²) in [6, 6.07) is 55.0. The Morgan fingerprint density at radius 2 is 1.29 bits per heavy atom. The van der Waals surface area contributed by atoms with E-state index < -0.39 is 51.5 Å². The number of anilines is 3. The smallest absolute Gasteiger partial charge is 0.417 e. The predicted octanol–water partition coefficient (Wildman–Crippen LogP) is 14.7. The number of carbonyl (C=O) groups is 3. The van der Waals surface area contributed by atoms with Crippen LogP contribution in [-0.2, 0) is 53.4 Å². The monoisotopic (exact) mass is 1530 g/mol. The standard InChI is InChI=1S/C31H33N5O4S.C30H23ClN4O5S.C16H19N5O4S/c1-7-24(39-25-14-13-18(2)15-19(25)3)31(37)32-29-21(5)16-20(4)28(22(29)6)30-34-33-26-17-27(35-36(26)30)40-41(38)23-11-9-8-10-12-23;1-18(39-22-12-14-23(15-13-22)40-41(38)24-16-10-21(36)11-17-24)30(37)32-20-8-6-19(7-9-20)28-27(31)29-33-25-4-2-3-5-26(25)35(29)34-28;1-3-24-26(23)10-9-13-18-19-15-14(11(2)20-21(13)15)25-16(22)17-12-7-5-4-6-8-12/h8-17,24,35H,7H2,1-6H3,(H,32,37);2-18,34,36H,1H3,(H,32,37);4-8,20H,3,9-10H2,1-2H3,(H,17,22). The number of aromatic hydroxyl groups is 1. The van der Waals surface area contributed by atoms with Gasteiger partial charge in [0.15, 0.2) is 52.0 Å². The highest BCUT2D eigenvalue weighted by atomic mass is 35.5. The molecule has 0 aliphatic carbocycles. The first-order chi connectivity index (χ1) is 52.1. The zero-order chi connectivity index (χ0) is 76.3. The van der Waals surface area contributed by atoms with E-state index in [1.807, 2.05) is 131 Å². The fraction of sp³-hybridized carbons (Fsp3) is 0.195. The van der Waals surface area contributed by atoms with Crippen LogP contribution in [0, 0.1) is 41.5 Å². The number of ether oxygens (including phenoxy) is 3. The number of aryl methyl sites for hydroxylation is 6. The molecule has 0 radical (unpaired) electrons. The van der Waals surface area contributed by atoms with Crippen molar-refractivity contribution in [3.63, 3.8) is 0 Å². The van der Waals surface area contributed by atoms with Crippen LogP contribution in [0.25, 0.3) is 50.6 Å². The van der Waals surface area contributed by atoms with Crippen molar-refractivity contribution in [3.05, 3.63) is 232 Å². The number of nitrogens with zero attached hydrogens (tertiary/aromatic N) is 8. The van der Waals surface area contributed by atoms with Crippen LogP contribution in [-0.4, -0.2) is 114 Å². The molecule has 0 fully saturated rings. The first-order valence-corrected chi connectivity index (χ1v) is 37.8. The maximum Gasteiger partial charge on any atom is 0.417 e. The average molecular weight is 1540 g/mol. The molecule has 0 spiro atoms. The van der Waals surface area contributed by atoms with Crippen molar-refractivity contribution >= 4 is 108 Å². The molecule has 8 aromatic carbocycles. The lowest BCUT2D eigenvalue weighted by molar-refractivity contribution is -0.123. The molecule has 31 heteroatoms. The van der Waals surface area contributed by atoms with Crippen molar-refractivity contribution < 1.29 is 58.9 Å². The van der Waals surface area contributed by atoms with Gasteiger partial charge in [0.25, 0.3) is 11.8 Å². The van der Waals surface area contributed by atoms with E-state index in [0.717, 1.165) is 55.7 Å². The van der Waals surface area contributed by atoms with Gasteiger partial charge in [0, 0.05) is 40.7 Å². The van der Waals surface area contributed by atoms with Crippen molar-refractivity contribution in [1.29, 1.82) is 0 Å². The number of halogens is 1. The van der Waals surface area contributed by atoms with Crippen LogP contribution in [0.15, 0.2) is 198 Å². The molecule has 5 atom stereocenters. The first-order valence-electron chi connectivity index (χ1n) is 34.0. The molecule has 556 valence electrons. The maximum atomic E-state index is 13.4. The van der Waals surface area contributed by atoms with Gasteiger partial charge in [0.2, 0.25) is 33.7 Å². The number of phenolic OH excluding ortho intramolecular Hbond substituents is 1. The summed E-state index contributed by atoms with van der Waals surface area (Å²) in [5.74, 6) is 3.05. The predicted molar refractivity (Wildman–Crippen MR) is 414 cm³/mol. The number of hydrogen-bond donors (Lipinski definition) is 7. The largest absolute Gasteiger partial charge is 0.508 e. The number of hydrogen-bond acceptors (Lipinski definition) is 18. The lowest BCUT2D eigenvalue weighted by Crippen LogP contribution is -2.33. The molecule has 14 rings (SSSR count). The molecular weight excluding hydrogens is 1460 g/mol. The van der Waals surface area contributed by atoms with E-state index in [4.69, 9.17) is 38.4 Å². The van der Waals surface area contributed by atoms with Gasteiger partial charge in [-0.2, -0.15) is 0 Å².